The van der Waals surface area contributed by atoms with Gasteiger partial charge in [-0.15, -0.1) is 0 Å². The van der Waals surface area contributed by atoms with E-state index in [9.17, 15) is 9.90 Å². The predicted molar refractivity (Wildman–Crippen MR) is 69.1 cm³/mol. The van der Waals surface area contributed by atoms with Crippen molar-refractivity contribution in [1.29, 1.82) is 0 Å². The molecule has 0 spiro atoms. The lowest BCUT2D eigenvalue weighted by molar-refractivity contribution is 0.0535. The molecular formula is C11H17N3O3S. The number of aliphatic hydroxyl groups excluding tert-OH is 1. The number of amides is 1. The third kappa shape index (κ3) is 2.80. The number of aliphatic hydroxyl groups is 1. The number of hydrogen-bond acceptors (Lipinski definition) is 6. The Labute approximate surface area is 110 Å². The van der Waals surface area contributed by atoms with Crippen molar-refractivity contribution in [2.75, 3.05) is 38.7 Å². The molecule has 1 aliphatic rings. The zero-order valence-corrected chi connectivity index (χ0v) is 11.3. The molecule has 1 aromatic rings. The van der Waals surface area contributed by atoms with Crippen LogP contribution in [0.3, 0.4) is 0 Å². The first-order valence-electron chi connectivity index (χ1n) is 5.82. The molecule has 0 aromatic carbocycles. The van der Waals surface area contributed by atoms with Gasteiger partial charge >= 0.3 is 0 Å². The Kier molecular flexibility index (Phi) is 4.15. The van der Waals surface area contributed by atoms with Crippen molar-refractivity contribution in [3.63, 3.8) is 0 Å². The SMILES string of the molecule is CNc1nc(C)c(C(=O)N2CCOC[C@H](O)C2)s1. The molecule has 0 bridgehead atoms. The summed E-state index contributed by atoms with van der Waals surface area (Å²) >= 11 is 1.33. The van der Waals surface area contributed by atoms with Crippen LogP contribution in [0.25, 0.3) is 0 Å². The third-order valence-electron chi connectivity index (χ3n) is 2.74. The lowest BCUT2D eigenvalue weighted by Crippen LogP contribution is -2.37. The van der Waals surface area contributed by atoms with E-state index >= 15 is 0 Å². The highest BCUT2D eigenvalue weighted by molar-refractivity contribution is 7.17. The minimum Gasteiger partial charge on any atom is -0.389 e. The molecule has 1 aliphatic heterocycles. The molecule has 1 saturated heterocycles. The van der Waals surface area contributed by atoms with Gasteiger partial charge in [-0.25, -0.2) is 4.98 Å². The molecule has 7 heteroatoms. The second-order valence-electron chi connectivity index (χ2n) is 4.16. The van der Waals surface area contributed by atoms with Gasteiger partial charge in [0.05, 0.1) is 25.0 Å². The van der Waals surface area contributed by atoms with Crippen LogP contribution >= 0.6 is 11.3 Å². The summed E-state index contributed by atoms with van der Waals surface area (Å²) in [6.07, 6.45) is -0.617. The third-order valence-corrected chi connectivity index (χ3v) is 3.90. The number of aryl methyl sites for hydroxylation is 1. The predicted octanol–water partition coefficient (Wildman–Crippen LogP) is 0.327. The lowest BCUT2D eigenvalue weighted by Gasteiger charge is -2.20. The topological polar surface area (TPSA) is 74.7 Å². The fraction of sp³-hybridized carbons (Fsp3) is 0.636. The Morgan fingerprint density at radius 1 is 1.67 bits per heavy atom. The van der Waals surface area contributed by atoms with E-state index in [0.717, 1.165) is 5.13 Å². The van der Waals surface area contributed by atoms with Crippen LogP contribution in [0.1, 0.15) is 15.4 Å². The summed E-state index contributed by atoms with van der Waals surface area (Å²) in [5, 5.41) is 13.3. The average Bonchev–Trinajstić information content (AvgIpc) is 2.59. The lowest BCUT2D eigenvalue weighted by atomic mass is 10.3. The van der Waals surface area contributed by atoms with E-state index in [1.54, 1.807) is 11.9 Å². The van der Waals surface area contributed by atoms with Crippen LogP contribution in [-0.4, -0.2) is 60.4 Å². The Bertz CT molecular complexity index is 435. The maximum Gasteiger partial charge on any atom is 0.266 e. The van der Waals surface area contributed by atoms with E-state index in [1.165, 1.54) is 11.3 Å². The fourth-order valence-electron chi connectivity index (χ4n) is 1.82. The Hall–Kier alpha value is -1.18. The molecule has 0 aliphatic carbocycles. The number of hydrogen-bond donors (Lipinski definition) is 2. The maximum absolute atomic E-state index is 12.4. The van der Waals surface area contributed by atoms with Gasteiger partial charge in [-0.1, -0.05) is 11.3 Å². The standard InChI is InChI=1S/C11H17N3O3S/c1-7-9(18-11(12-2)13-7)10(16)14-3-4-17-6-8(15)5-14/h8,15H,3-6H2,1-2H3,(H,12,13)/t8-/m1/s1. The summed E-state index contributed by atoms with van der Waals surface area (Å²) in [6, 6.07) is 0. The summed E-state index contributed by atoms with van der Waals surface area (Å²) in [4.78, 5) is 18.8. The fourth-order valence-corrected chi connectivity index (χ4v) is 2.71. The number of aromatic nitrogens is 1. The summed E-state index contributed by atoms with van der Waals surface area (Å²) in [6.45, 7) is 3.37. The van der Waals surface area contributed by atoms with E-state index in [2.05, 4.69) is 10.3 Å². The molecule has 100 valence electrons. The van der Waals surface area contributed by atoms with Crippen molar-refractivity contribution >= 4 is 22.4 Å². The maximum atomic E-state index is 12.4. The molecule has 0 saturated carbocycles. The highest BCUT2D eigenvalue weighted by atomic mass is 32.1. The van der Waals surface area contributed by atoms with Crippen molar-refractivity contribution in [2.24, 2.45) is 0 Å². The normalized spacial score (nSPS) is 20.6. The van der Waals surface area contributed by atoms with E-state index in [4.69, 9.17) is 4.74 Å². The minimum atomic E-state index is -0.617. The van der Waals surface area contributed by atoms with Gasteiger partial charge in [0, 0.05) is 20.1 Å². The second kappa shape index (κ2) is 5.64. The van der Waals surface area contributed by atoms with Gasteiger partial charge in [-0.3, -0.25) is 4.79 Å². The van der Waals surface area contributed by atoms with E-state index in [1.807, 2.05) is 6.92 Å². The number of rotatable bonds is 2. The Morgan fingerprint density at radius 2 is 2.44 bits per heavy atom. The molecule has 2 rings (SSSR count). The van der Waals surface area contributed by atoms with Gasteiger partial charge in [0.1, 0.15) is 4.88 Å². The molecule has 1 aromatic heterocycles. The van der Waals surface area contributed by atoms with E-state index < -0.39 is 6.10 Å². The van der Waals surface area contributed by atoms with E-state index in [-0.39, 0.29) is 12.5 Å². The average molecular weight is 271 g/mol. The number of β-amino-alcohol motifs (C(OH)–C–C–N with tert-alkyl or cyclic N) is 1. The highest BCUT2D eigenvalue weighted by Crippen LogP contribution is 2.23. The van der Waals surface area contributed by atoms with Gasteiger partial charge in [0.25, 0.3) is 5.91 Å². The monoisotopic (exact) mass is 271 g/mol. The highest BCUT2D eigenvalue weighted by Gasteiger charge is 2.25. The van der Waals surface area contributed by atoms with Crippen LogP contribution in [0.4, 0.5) is 5.13 Å². The second-order valence-corrected chi connectivity index (χ2v) is 5.16. The number of anilines is 1. The number of carbonyl (C=O) groups is 1. The van der Waals surface area contributed by atoms with Gasteiger partial charge < -0.3 is 20.1 Å². The molecule has 18 heavy (non-hydrogen) atoms. The molecule has 1 amide bonds. The minimum absolute atomic E-state index is 0.0870. The summed E-state index contributed by atoms with van der Waals surface area (Å²) in [7, 11) is 1.77. The molecule has 1 atom stereocenters. The zero-order valence-electron chi connectivity index (χ0n) is 10.5. The first-order valence-corrected chi connectivity index (χ1v) is 6.63. The summed E-state index contributed by atoms with van der Waals surface area (Å²) in [5.74, 6) is -0.0870. The van der Waals surface area contributed by atoms with Crippen LogP contribution in [0.2, 0.25) is 0 Å². The van der Waals surface area contributed by atoms with Crippen LogP contribution in [0, 0.1) is 6.92 Å². The smallest absolute Gasteiger partial charge is 0.266 e. The van der Waals surface area contributed by atoms with Crippen molar-refractivity contribution < 1.29 is 14.6 Å². The van der Waals surface area contributed by atoms with Crippen molar-refractivity contribution in [3.05, 3.63) is 10.6 Å². The first kappa shape index (κ1) is 13.3. The van der Waals surface area contributed by atoms with E-state index in [0.29, 0.717) is 30.3 Å². The quantitative estimate of drug-likeness (QED) is 0.810. The number of nitrogens with zero attached hydrogens (tertiary/aromatic N) is 2. The largest absolute Gasteiger partial charge is 0.389 e. The summed E-state index contributed by atoms with van der Waals surface area (Å²) < 4.78 is 5.21. The van der Waals surface area contributed by atoms with Crippen molar-refractivity contribution in [2.45, 2.75) is 13.0 Å². The molecule has 0 unspecified atom stereocenters. The van der Waals surface area contributed by atoms with Gasteiger partial charge in [0.15, 0.2) is 5.13 Å². The van der Waals surface area contributed by atoms with Gasteiger partial charge in [-0.05, 0) is 6.92 Å². The number of thiazole rings is 1. The number of nitrogens with one attached hydrogen (secondary N) is 1. The molecule has 1 fully saturated rings. The molecule has 0 radical (unpaired) electrons. The Morgan fingerprint density at radius 3 is 3.11 bits per heavy atom. The van der Waals surface area contributed by atoms with Crippen LogP contribution in [0.15, 0.2) is 0 Å². The number of ether oxygens (including phenoxy) is 1. The number of carbonyl (C=O) groups excluding carboxylic acids is 1. The van der Waals surface area contributed by atoms with Crippen LogP contribution in [0.5, 0.6) is 0 Å². The first-order chi connectivity index (χ1) is 8.61. The molecule has 2 N–H and O–H groups in total. The molecule has 2 heterocycles. The summed E-state index contributed by atoms with van der Waals surface area (Å²) in [5.41, 5.74) is 0.717. The van der Waals surface area contributed by atoms with Crippen molar-refractivity contribution in [1.82, 2.24) is 9.88 Å². The molecular weight excluding hydrogens is 254 g/mol. The van der Waals surface area contributed by atoms with Gasteiger partial charge in [-0.2, -0.15) is 0 Å². The van der Waals surface area contributed by atoms with Gasteiger partial charge in [0.2, 0.25) is 0 Å². The Balaban J connectivity index is 2.16. The zero-order chi connectivity index (χ0) is 13.1. The van der Waals surface area contributed by atoms with Crippen molar-refractivity contribution in [3.8, 4) is 0 Å². The van der Waals surface area contributed by atoms with Crippen LogP contribution in [-0.2, 0) is 4.74 Å². The van der Waals surface area contributed by atoms with Crippen LogP contribution < -0.4 is 5.32 Å². The molecule has 6 nitrogen and oxygen atoms in total.